The van der Waals surface area contributed by atoms with Crippen molar-refractivity contribution in [2.75, 3.05) is 12.5 Å². The molecule has 0 radical (unpaired) electrons. The number of methoxy groups -OCH3 is 1. The Bertz CT molecular complexity index is 1120. The summed E-state index contributed by atoms with van der Waals surface area (Å²) in [7, 11) is -2.59. The number of carbonyl (C=O) groups is 1. The summed E-state index contributed by atoms with van der Waals surface area (Å²) in [6.45, 7) is 1.85. The monoisotopic (exact) mass is 408 g/mol. The Morgan fingerprint density at radius 1 is 0.897 bits per heavy atom. The van der Waals surface area contributed by atoms with Crippen molar-refractivity contribution in [3.63, 3.8) is 0 Å². The number of nitrogens with one attached hydrogen (secondary N) is 1. The molecule has 148 valence electrons. The predicted molar refractivity (Wildman–Crippen MR) is 113 cm³/mol. The van der Waals surface area contributed by atoms with Gasteiger partial charge >= 0.3 is 0 Å². The van der Waals surface area contributed by atoms with Crippen LogP contribution < -0.4 is 10.2 Å². The SMILES string of the molecule is COc1ccc(N/N=C(\C(=O)c2ccccc2)S(=O)(=O)c2ccc(C)cc2)cc1. The number of ether oxygens (including phenoxy) is 1. The van der Waals surface area contributed by atoms with Crippen molar-refractivity contribution in [2.24, 2.45) is 5.10 Å². The summed E-state index contributed by atoms with van der Waals surface area (Å²) in [5.41, 5.74) is 4.33. The lowest BCUT2D eigenvalue weighted by Crippen LogP contribution is -2.26. The summed E-state index contributed by atoms with van der Waals surface area (Å²) in [5, 5.41) is 3.40. The quantitative estimate of drug-likeness (QED) is 0.287. The van der Waals surface area contributed by atoms with Gasteiger partial charge in [0.15, 0.2) is 0 Å². The molecule has 0 saturated heterocycles. The summed E-state index contributed by atoms with van der Waals surface area (Å²) < 4.78 is 31.4. The third kappa shape index (κ3) is 4.70. The Hall–Kier alpha value is -3.45. The van der Waals surface area contributed by atoms with Gasteiger partial charge in [0.2, 0.25) is 20.7 Å². The van der Waals surface area contributed by atoms with Crippen LogP contribution in [0.2, 0.25) is 0 Å². The standard InChI is InChI=1S/C22H20N2O4S/c1-16-8-14-20(15-9-16)29(26,27)22(21(25)17-6-4-3-5-7-17)24-23-18-10-12-19(28-2)13-11-18/h3-15,23H,1-2H3/b24-22+. The number of ketones is 1. The van der Waals surface area contributed by atoms with Gasteiger partial charge in [-0.3, -0.25) is 10.2 Å². The van der Waals surface area contributed by atoms with E-state index in [1.165, 1.54) is 12.1 Å². The van der Waals surface area contributed by atoms with Gasteiger partial charge in [-0.25, -0.2) is 8.42 Å². The lowest BCUT2D eigenvalue weighted by Gasteiger charge is -2.09. The summed E-state index contributed by atoms with van der Waals surface area (Å²) in [4.78, 5) is 13.0. The number of benzene rings is 3. The summed E-state index contributed by atoms with van der Waals surface area (Å²) in [6.07, 6.45) is 0. The number of Topliss-reactive ketones (excluding diaryl/α,β-unsaturated/α-hetero) is 1. The van der Waals surface area contributed by atoms with Crippen LogP contribution in [-0.4, -0.2) is 26.4 Å². The third-order valence-electron chi connectivity index (χ3n) is 4.19. The first-order valence-corrected chi connectivity index (χ1v) is 10.3. The van der Waals surface area contributed by atoms with E-state index in [0.29, 0.717) is 11.4 Å². The smallest absolute Gasteiger partial charge is 0.229 e. The maximum absolute atomic E-state index is 13.2. The van der Waals surface area contributed by atoms with Crippen LogP contribution in [0.4, 0.5) is 5.69 Å². The number of nitrogens with zero attached hydrogens (tertiary/aromatic N) is 1. The molecule has 0 atom stereocenters. The van der Waals surface area contributed by atoms with E-state index in [1.807, 2.05) is 6.92 Å². The van der Waals surface area contributed by atoms with Crippen LogP contribution in [0.1, 0.15) is 15.9 Å². The van der Waals surface area contributed by atoms with Crippen LogP contribution >= 0.6 is 0 Å². The maximum atomic E-state index is 13.2. The van der Waals surface area contributed by atoms with Crippen molar-refractivity contribution >= 4 is 26.4 Å². The Balaban J connectivity index is 2.03. The van der Waals surface area contributed by atoms with Crippen molar-refractivity contribution in [2.45, 2.75) is 11.8 Å². The number of hydrogen-bond acceptors (Lipinski definition) is 6. The number of hydrogen-bond donors (Lipinski definition) is 1. The first-order valence-electron chi connectivity index (χ1n) is 8.81. The fourth-order valence-corrected chi connectivity index (χ4v) is 3.80. The zero-order valence-corrected chi connectivity index (χ0v) is 16.8. The van der Waals surface area contributed by atoms with Gasteiger partial charge in [0.25, 0.3) is 0 Å². The highest BCUT2D eigenvalue weighted by molar-refractivity contribution is 8.08. The van der Waals surface area contributed by atoms with E-state index >= 15 is 0 Å². The number of sulfone groups is 1. The minimum Gasteiger partial charge on any atom is -0.497 e. The van der Waals surface area contributed by atoms with E-state index < -0.39 is 20.7 Å². The Morgan fingerprint density at radius 3 is 2.10 bits per heavy atom. The molecule has 29 heavy (non-hydrogen) atoms. The van der Waals surface area contributed by atoms with E-state index in [2.05, 4.69) is 10.5 Å². The molecule has 6 nitrogen and oxygen atoms in total. The van der Waals surface area contributed by atoms with Crippen LogP contribution in [0.3, 0.4) is 0 Å². The van der Waals surface area contributed by atoms with Gasteiger partial charge in [-0.2, -0.15) is 5.10 Å². The minimum atomic E-state index is -4.13. The fraction of sp³-hybridized carbons (Fsp3) is 0.0909. The molecule has 0 aliphatic rings. The van der Waals surface area contributed by atoms with E-state index in [0.717, 1.165) is 5.56 Å². The first-order chi connectivity index (χ1) is 13.9. The van der Waals surface area contributed by atoms with E-state index in [1.54, 1.807) is 73.8 Å². The van der Waals surface area contributed by atoms with Crippen molar-refractivity contribution in [3.05, 3.63) is 90.0 Å². The second-order valence-corrected chi connectivity index (χ2v) is 8.13. The maximum Gasteiger partial charge on any atom is 0.229 e. The van der Waals surface area contributed by atoms with E-state index in [-0.39, 0.29) is 10.5 Å². The molecule has 3 aromatic rings. The van der Waals surface area contributed by atoms with Crippen molar-refractivity contribution in [1.82, 2.24) is 0 Å². The normalized spacial score (nSPS) is 11.7. The van der Waals surface area contributed by atoms with E-state index in [4.69, 9.17) is 4.74 Å². The topological polar surface area (TPSA) is 84.8 Å². The number of aryl methyl sites for hydroxylation is 1. The number of carbonyl (C=O) groups excluding carboxylic acids is 1. The zero-order valence-electron chi connectivity index (χ0n) is 16.0. The second kappa shape index (κ2) is 8.70. The summed E-state index contributed by atoms with van der Waals surface area (Å²) in [5.74, 6) is -0.0421. The molecule has 0 spiro atoms. The highest BCUT2D eigenvalue weighted by Gasteiger charge is 2.30. The van der Waals surface area contributed by atoms with Gasteiger partial charge in [0.1, 0.15) is 5.75 Å². The molecule has 7 heteroatoms. The minimum absolute atomic E-state index is 0.00246. The molecule has 0 bridgehead atoms. The van der Waals surface area contributed by atoms with Gasteiger partial charge in [-0.1, -0.05) is 48.0 Å². The molecule has 1 N–H and O–H groups in total. The second-order valence-electron chi connectivity index (χ2n) is 6.27. The van der Waals surface area contributed by atoms with Gasteiger partial charge < -0.3 is 4.74 Å². The van der Waals surface area contributed by atoms with Crippen LogP contribution in [-0.2, 0) is 9.84 Å². The highest BCUT2D eigenvalue weighted by atomic mass is 32.2. The molecule has 0 fully saturated rings. The van der Waals surface area contributed by atoms with Crippen molar-refractivity contribution < 1.29 is 17.9 Å². The Labute approximate surface area is 169 Å². The molecular formula is C22H20N2O4S. The van der Waals surface area contributed by atoms with Crippen LogP contribution in [0, 0.1) is 6.92 Å². The van der Waals surface area contributed by atoms with Crippen molar-refractivity contribution in [1.29, 1.82) is 0 Å². The number of anilines is 1. The predicted octanol–water partition coefficient (Wildman–Crippen LogP) is 4.09. The first kappa shape index (κ1) is 20.3. The van der Waals surface area contributed by atoms with Crippen LogP contribution in [0.25, 0.3) is 0 Å². The molecule has 0 amide bonds. The average molecular weight is 408 g/mol. The molecule has 3 rings (SSSR count). The third-order valence-corrected chi connectivity index (χ3v) is 5.87. The molecule has 0 heterocycles. The van der Waals surface area contributed by atoms with Gasteiger partial charge in [0, 0.05) is 5.56 Å². The van der Waals surface area contributed by atoms with Gasteiger partial charge in [-0.05, 0) is 43.3 Å². The lowest BCUT2D eigenvalue weighted by molar-refractivity contribution is 0.106. The van der Waals surface area contributed by atoms with Crippen molar-refractivity contribution in [3.8, 4) is 5.75 Å². The Morgan fingerprint density at radius 2 is 1.52 bits per heavy atom. The number of rotatable bonds is 6. The van der Waals surface area contributed by atoms with E-state index in [9.17, 15) is 13.2 Å². The van der Waals surface area contributed by atoms with Crippen LogP contribution in [0.5, 0.6) is 5.75 Å². The van der Waals surface area contributed by atoms with Gasteiger partial charge in [-0.15, -0.1) is 0 Å². The Kier molecular flexibility index (Phi) is 6.09. The summed E-state index contributed by atoms with van der Waals surface area (Å²) in [6, 6.07) is 21.2. The summed E-state index contributed by atoms with van der Waals surface area (Å²) >= 11 is 0. The van der Waals surface area contributed by atoms with Crippen LogP contribution in [0.15, 0.2) is 88.9 Å². The highest BCUT2D eigenvalue weighted by Crippen LogP contribution is 2.19. The molecule has 3 aromatic carbocycles. The lowest BCUT2D eigenvalue weighted by atomic mass is 10.1. The molecular weight excluding hydrogens is 388 g/mol. The average Bonchev–Trinajstić information content (AvgIpc) is 2.75. The molecule has 0 aliphatic carbocycles. The number of hydrazone groups is 1. The fourth-order valence-electron chi connectivity index (χ4n) is 2.56. The van der Waals surface area contributed by atoms with Gasteiger partial charge in [0.05, 0.1) is 17.7 Å². The molecule has 0 saturated carbocycles. The molecule has 0 unspecified atom stereocenters. The molecule has 0 aliphatic heterocycles. The zero-order chi connectivity index (χ0) is 20.9. The largest absolute Gasteiger partial charge is 0.497 e. The molecule has 0 aromatic heterocycles.